The Morgan fingerprint density at radius 2 is 2.50 bits per heavy atom. The van der Waals surface area contributed by atoms with Gasteiger partial charge in [0.25, 0.3) is 0 Å². The lowest BCUT2D eigenvalue weighted by atomic mass is 10.2. The topological polar surface area (TPSA) is 68.0 Å². The Kier molecular flexibility index (Phi) is 3.70. The smallest absolute Gasteiger partial charge is 0.238 e. The van der Waals surface area contributed by atoms with Gasteiger partial charge in [0.05, 0.1) is 21.6 Å². The van der Waals surface area contributed by atoms with Crippen LogP contribution >= 0.6 is 27.7 Å². The van der Waals surface area contributed by atoms with Gasteiger partial charge in [-0.05, 0) is 40.6 Å². The van der Waals surface area contributed by atoms with Gasteiger partial charge in [-0.25, -0.2) is 4.98 Å². The van der Waals surface area contributed by atoms with Crippen LogP contribution in [0.15, 0.2) is 16.7 Å². The number of aromatic nitrogens is 1. The number of anilines is 2. The molecule has 2 heterocycles. The molecule has 1 aliphatic heterocycles. The molecule has 1 unspecified atom stereocenters. The molecule has 0 aliphatic carbocycles. The standard InChI is InChI=1S/C10H12BrN3OS/c11-7-4-6(12)5-13-9(7)14-10(15)8-2-1-3-16-8/h4-5,8H,1-3,12H2,(H,13,14,15). The fourth-order valence-corrected chi connectivity index (χ4v) is 3.15. The summed E-state index contributed by atoms with van der Waals surface area (Å²) in [6.45, 7) is 0. The Labute approximate surface area is 107 Å². The molecule has 0 radical (unpaired) electrons. The minimum absolute atomic E-state index is 0.0282. The molecule has 1 amide bonds. The second kappa shape index (κ2) is 5.05. The van der Waals surface area contributed by atoms with Crippen LogP contribution in [0.5, 0.6) is 0 Å². The number of carbonyl (C=O) groups is 1. The van der Waals surface area contributed by atoms with Crippen LogP contribution < -0.4 is 11.1 Å². The summed E-state index contributed by atoms with van der Waals surface area (Å²) in [5.41, 5.74) is 6.14. The second-order valence-electron chi connectivity index (χ2n) is 3.59. The third-order valence-electron chi connectivity index (χ3n) is 2.33. The van der Waals surface area contributed by atoms with E-state index in [0.717, 1.165) is 18.6 Å². The van der Waals surface area contributed by atoms with Crippen molar-refractivity contribution in [3.8, 4) is 0 Å². The first-order valence-electron chi connectivity index (χ1n) is 5.00. The van der Waals surface area contributed by atoms with Crippen molar-refractivity contribution in [1.29, 1.82) is 0 Å². The highest BCUT2D eigenvalue weighted by Crippen LogP contribution is 2.28. The highest BCUT2D eigenvalue weighted by Gasteiger charge is 2.24. The molecule has 1 aromatic rings. The van der Waals surface area contributed by atoms with Gasteiger partial charge in [0, 0.05) is 0 Å². The van der Waals surface area contributed by atoms with E-state index in [1.165, 1.54) is 6.20 Å². The molecule has 1 aromatic heterocycles. The predicted octanol–water partition coefficient (Wildman–Crippen LogP) is 2.26. The molecule has 0 bridgehead atoms. The molecule has 0 aromatic carbocycles. The first-order valence-corrected chi connectivity index (χ1v) is 6.84. The van der Waals surface area contributed by atoms with Crippen molar-refractivity contribution in [2.24, 2.45) is 0 Å². The number of carbonyl (C=O) groups excluding carboxylic acids is 1. The molecule has 3 N–H and O–H groups in total. The molecule has 16 heavy (non-hydrogen) atoms. The minimum Gasteiger partial charge on any atom is -0.397 e. The van der Waals surface area contributed by atoms with Gasteiger partial charge < -0.3 is 11.1 Å². The SMILES string of the molecule is Nc1cnc(NC(=O)C2CCCS2)c(Br)c1. The molecule has 1 fully saturated rings. The Bertz CT molecular complexity index is 407. The van der Waals surface area contributed by atoms with Crippen molar-refractivity contribution in [1.82, 2.24) is 4.98 Å². The summed E-state index contributed by atoms with van der Waals surface area (Å²) in [7, 11) is 0. The lowest BCUT2D eigenvalue weighted by Gasteiger charge is -2.10. The summed E-state index contributed by atoms with van der Waals surface area (Å²) >= 11 is 5.02. The maximum atomic E-state index is 11.8. The van der Waals surface area contributed by atoms with Crippen LogP contribution in [0, 0.1) is 0 Å². The highest BCUT2D eigenvalue weighted by molar-refractivity contribution is 9.10. The molecular weight excluding hydrogens is 290 g/mol. The number of nitrogens with two attached hydrogens (primary N) is 1. The van der Waals surface area contributed by atoms with Crippen molar-refractivity contribution in [3.63, 3.8) is 0 Å². The second-order valence-corrected chi connectivity index (χ2v) is 5.75. The predicted molar refractivity (Wildman–Crippen MR) is 70.5 cm³/mol. The van der Waals surface area contributed by atoms with Crippen molar-refractivity contribution >= 4 is 45.1 Å². The van der Waals surface area contributed by atoms with Gasteiger partial charge in [-0.2, -0.15) is 0 Å². The third kappa shape index (κ3) is 2.68. The van der Waals surface area contributed by atoms with Gasteiger partial charge in [-0.1, -0.05) is 0 Å². The average molecular weight is 302 g/mol. The normalized spacial score (nSPS) is 19.7. The fourth-order valence-electron chi connectivity index (χ4n) is 1.53. The molecule has 1 aliphatic rings. The Balaban J connectivity index is 2.05. The molecule has 1 saturated heterocycles. The summed E-state index contributed by atoms with van der Waals surface area (Å²) in [6, 6.07) is 1.73. The highest BCUT2D eigenvalue weighted by atomic mass is 79.9. The molecular formula is C10H12BrN3OS. The Morgan fingerprint density at radius 1 is 1.69 bits per heavy atom. The minimum atomic E-state index is 0.0282. The van der Waals surface area contributed by atoms with Crippen molar-refractivity contribution in [2.45, 2.75) is 18.1 Å². The zero-order valence-electron chi connectivity index (χ0n) is 8.57. The van der Waals surface area contributed by atoms with E-state index in [4.69, 9.17) is 5.73 Å². The zero-order chi connectivity index (χ0) is 11.5. The number of nitrogen functional groups attached to an aromatic ring is 1. The largest absolute Gasteiger partial charge is 0.397 e. The van der Waals surface area contributed by atoms with Crippen LogP contribution in [0.3, 0.4) is 0 Å². The van der Waals surface area contributed by atoms with E-state index in [9.17, 15) is 4.79 Å². The monoisotopic (exact) mass is 301 g/mol. The Hall–Kier alpha value is -0.750. The van der Waals surface area contributed by atoms with Crippen molar-refractivity contribution in [3.05, 3.63) is 16.7 Å². The molecule has 6 heteroatoms. The van der Waals surface area contributed by atoms with Gasteiger partial charge in [0.1, 0.15) is 5.82 Å². The number of nitrogens with one attached hydrogen (secondary N) is 1. The number of pyridine rings is 1. The van der Waals surface area contributed by atoms with Crippen LogP contribution in [0.2, 0.25) is 0 Å². The zero-order valence-corrected chi connectivity index (χ0v) is 11.0. The first-order chi connectivity index (χ1) is 7.66. The van der Waals surface area contributed by atoms with Crippen molar-refractivity contribution in [2.75, 3.05) is 16.8 Å². The average Bonchev–Trinajstić information content (AvgIpc) is 2.75. The van der Waals surface area contributed by atoms with Gasteiger partial charge in [0.15, 0.2) is 0 Å². The van der Waals surface area contributed by atoms with E-state index in [2.05, 4.69) is 26.2 Å². The lowest BCUT2D eigenvalue weighted by Crippen LogP contribution is -2.23. The number of rotatable bonds is 2. The lowest BCUT2D eigenvalue weighted by molar-refractivity contribution is -0.115. The van der Waals surface area contributed by atoms with E-state index in [0.29, 0.717) is 16.0 Å². The van der Waals surface area contributed by atoms with Gasteiger partial charge in [-0.3, -0.25) is 4.79 Å². The number of thioether (sulfide) groups is 1. The number of amides is 1. The molecule has 1 atom stereocenters. The summed E-state index contributed by atoms with van der Waals surface area (Å²) < 4.78 is 0.712. The Morgan fingerprint density at radius 3 is 3.12 bits per heavy atom. The maximum absolute atomic E-state index is 11.8. The third-order valence-corrected chi connectivity index (χ3v) is 4.31. The van der Waals surface area contributed by atoms with Crippen LogP contribution in [0.25, 0.3) is 0 Å². The number of hydrogen-bond donors (Lipinski definition) is 2. The van der Waals surface area contributed by atoms with Crippen LogP contribution in [-0.4, -0.2) is 21.9 Å². The molecule has 4 nitrogen and oxygen atoms in total. The van der Waals surface area contributed by atoms with E-state index in [1.807, 2.05) is 0 Å². The van der Waals surface area contributed by atoms with E-state index < -0.39 is 0 Å². The molecule has 2 rings (SSSR count). The number of nitrogens with zero attached hydrogens (tertiary/aromatic N) is 1. The van der Waals surface area contributed by atoms with Crippen LogP contribution in [0.1, 0.15) is 12.8 Å². The number of halogens is 1. The van der Waals surface area contributed by atoms with E-state index in [-0.39, 0.29) is 11.2 Å². The molecule has 0 spiro atoms. The van der Waals surface area contributed by atoms with Crippen molar-refractivity contribution < 1.29 is 4.79 Å². The summed E-state index contributed by atoms with van der Waals surface area (Å²) in [4.78, 5) is 15.9. The van der Waals surface area contributed by atoms with Crippen LogP contribution in [-0.2, 0) is 4.79 Å². The van der Waals surface area contributed by atoms with E-state index >= 15 is 0 Å². The summed E-state index contributed by atoms with van der Waals surface area (Å²) in [5, 5.41) is 2.87. The van der Waals surface area contributed by atoms with Gasteiger partial charge in [0.2, 0.25) is 5.91 Å². The molecule has 0 saturated carbocycles. The van der Waals surface area contributed by atoms with Crippen LogP contribution in [0.4, 0.5) is 11.5 Å². The van der Waals surface area contributed by atoms with E-state index in [1.54, 1.807) is 17.8 Å². The quantitative estimate of drug-likeness (QED) is 0.879. The summed E-state index contributed by atoms with van der Waals surface area (Å²) in [6.07, 6.45) is 3.59. The first kappa shape index (κ1) is 11.7. The number of hydrogen-bond acceptors (Lipinski definition) is 4. The van der Waals surface area contributed by atoms with Gasteiger partial charge >= 0.3 is 0 Å². The fraction of sp³-hybridized carbons (Fsp3) is 0.400. The maximum Gasteiger partial charge on any atom is 0.238 e. The summed E-state index contributed by atoms with van der Waals surface area (Å²) in [5.74, 6) is 1.63. The van der Waals surface area contributed by atoms with Gasteiger partial charge in [-0.15, -0.1) is 11.8 Å². The molecule has 86 valence electrons.